The van der Waals surface area contributed by atoms with Gasteiger partial charge in [-0.05, 0) is 77.0 Å². The Bertz CT molecular complexity index is 1370. The van der Waals surface area contributed by atoms with E-state index in [1.165, 1.54) is 302 Å². The predicted octanol–water partition coefficient (Wildman–Crippen LogP) is 25.5. The highest BCUT2D eigenvalue weighted by atomic mass is 16.6. The van der Waals surface area contributed by atoms with Crippen LogP contribution in [0.5, 0.6) is 0 Å². The van der Waals surface area contributed by atoms with Crippen molar-refractivity contribution in [2.45, 2.75) is 419 Å². The third-order valence-electron chi connectivity index (χ3n) is 16.9. The maximum Gasteiger partial charge on any atom is 0.306 e. The van der Waals surface area contributed by atoms with Crippen LogP contribution in [0, 0.1) is 0 Å². The monoisotopic (exact) mass is 1150 g/mol. The number of esters is 3. The predicted molar refractivity (Wildman–Crippen MR) is 358 cm³/mol. The van der Waals surface area contributed by atoms with E-state index in [4.69, 9.17) is 14.2 Å². The van der Waals surface area contributed by atoms with E-state index in [-0.39, 0.29) is 31.1 Å². The van der Waals surface area contributed by atoms with Crippen molar-refractivity contribution in [2.75, 3.05) is 13.2 Å². The van der Waals surface area contributed by atoms with Gasteiger partial charge in [-0.3, -0.25) is 14.4 Å². The molecular formula is C76H142O6. The van der Waals surface area contributed by atoms with Crippen LogP contribution in [0.15, 0.2) is 36.5 Å². The lowest BCUT2D eigenvalue weighted by Crippen LogP contribution is -2.30. The van der Waals surface area contributed by atoms with Crippen LogP contribution in [-0.4, -0.2) is 37.2 Å². The van der Waals surface area contributed by atoms with Crippen LogP contribution in [0.3, 0.4) is 0 Å². The van der Waals surface area contributed by atoms with Crippen LogP contribution in [0.2, 0.25) is 0 Å². The van der Waals surface area contributed by atoms with E-state index in [0.717, 1.165) is 70.6 Å². The van der Waals surface area contributed by atoms with Crippen molar-refractivity contribution in [3.05, 3.63) is 36.5 Å². The van der Waals surface area contributed by atoms with Gasteiger partial charge in [-0.25, -0.2) is 0 Å². The zero-order valence-corrected chi connectivity index (χ0v) is 55.5. The number of carbonyl (C=O) groups excluding carboxylic acids is 3. The average Bonchev–Trinajstić information content (AvgIpc) is 3.47. The van der Waals surface area contributed by atoms with E-state index in [1.807, 2.05) is 0 Å². The first-order valence-corrected chi connectivity index (χ1v) is 37.0. The number of unbranched alkanes of at least 4 members (excludes halogenated alkanes) is 52. The topological polar surface area (TPSA) is 78.9 Å². The molecule has 1 atom stereocenters. The maximum absolute atomic E-state index is 13.0. The van der Waals surface area contributed by atoms with Gasteiger partial charge in [-0.1, -0.05) is 353 Å². The fourth-order valence-corrected chi connectivity index (χ4v) is 11.3. The smallest absolute Gasteiger partial charge is 0.306 e. The maximum atomic E-state index is 13.0. The Morgan fingerprint density at radius 2 is 0.439 bits per heavy atom. The Morgan fingerprint density at radius 1 is 0.244 bits per heavy atom. The Balaban J connectivity index is 4.22. The minimum Gasteiger partial charge on any atom is -0.462 e. The van der Waals surface area contributed by atoms with Gasteiger partial charge in [0.2, 0.25) is 0 Å². The van der Waals surface area contributed by atoms with Gasteiger partial charge in [0.25, 0.3) is 0 Å². The second-order valence-corrected chi connectivity index (χ2v) is 25.2. The minimum atomic E-state index is -0.777. The number of carbonyl (C=O) groups is 3. The molecule has 0 saturated carbocycles. The van der Waals surface area contributed by atoms with Gasteiger partial charge in [-0.15, -0.1) is 0 Å². The molecule has 6 nitrogen and oxygen atoms in total. The normalized spacial score (nSPS) is 12.2. The first-order valence-electron chi connectivity index (χ1n) is 37.0. The quantitative estimate of drug-likeness (QED) is 0.0261. The minimum absolute atomic E-state index is 0.0717. The number of hydrogen-bond donors (Lipinski definition) is 0. The number of hydrogen-bond acceptors (Lipinski definition) is 6. The first kappa shape index (κ1) is 79.6. The number of rotatable bonds is 69. The van der Waals surface area contributed by atoms with Crippen molar-refractivity contribution in [3.8, 4) is 0 Å². The molecule has 82 heavy (non-hydrogen) atoms. The van der Waals surface area contributed by atoms with Crippen LogP contribution >= 0.6 is 0 Å². The standard InChI is InChI=1S/C76H142O6/c1-4-7-10-13-16-19-22-25-28-31-33-34-35-36-37-38-39-40-41-42-44-45-48-51-54-57-60-63-66-69-75(78)81-72-73(71-80-74(77)68-65-62-59-56-53-50-47-30-27-24-21-18-15-12-9-6-3)82-76(79)70-67-64-61-58-55-52-49-46-43-32-29-26-23-20-17-14-11-8-5-2/h17,20,26,29-30,47,73H,4-16,18-19,21-25,27-28,31-46,48-72H2,1-3H3/b20-17-,29-26-,47-30-. The van der Waals surface area contributed by atoms with Crippen LogP contribution in [-0.2, 0) is 28.6 Å². The summed E-state index contributed by atoms with van der Waals surface area (Å²) < 4.78 is 17.0. The average molecular weight is 1150 g/mol. The molecule has 0 aliphatic carbocycles. The number of allylic oxidation sites excluding steroid dienone is 6. The van der Waals surface area contributed by atoms with E-state index in [9.17, 15) is 14.4 Å². The van der Waals surface area contributed by atoms with E-state index in [2.05, 4.69) is 57.2 Å². The van der Waals surface area contributed by atoms with Crippen LogP contribution in [0.4, 0.5) is 0 Å². The molecule has 0 radical (unpaired) electrons. The van der Waals surface area contributed by atoms with Gasteiger partial charge in [0.15, 0.2) is 6.10 Å². The highest BCUT2D eigenvalue weighted by molar-refractivity contribution is 5.71. The summed E-state index contributed by atoms with van der Waals surface area (Å²) in [6.45, 7) is 6.68. The second-order valence-electron chi connectivity index (χ2n) is 25.2. The molecule has 1 unspecified atom stereocenters. The SMILES string of the molecule is CCCCC/C=C\C/C=C\CCCCCCCCCCCC(=O)OC(COC(=O)CCCCCCC/C=C\CCCCCCCCC)COC(=O)CCCCCCCCCCCCCCCCCCCCCCCCCCCCCCC. The van der Waals surface area contributed by atoms with E-state index in [0.29, 0.717) is 19.3 Å². The zero-order valence-electron chi connectivity index (χ0n) is 55.5. The third-order valence-corrected chi connectivity index (χ3v) is 16.9. The Labute approximate surface area is 512 Å². The Kier molecular flexibility index (Phi) is 69.1. The third kappa shape index (κ3) is 68.4. The van der Waals surface area contributed by atoms with Gasteiger partial charge in [-0.2, -0.15) is 0 Å². The lowest BCUT2D eigenvalue weighted by molar-refractivity contribution is -0.167. The van der Waals surface area contributed by atoms with Crippen molar-refractivity contribution in [1.29, 1.82) is 0 Å². The van der Waals surface area contributed by atoms with Crippen molar-refractivity contribution in [2.24, 2.45) is 0 Å². The van der Waals surface area contributed by atoms with Gasteiger partial charge in [0, 0.05) is 19.3 Å². The summed E-state index contributed by atoms with van der Waals surface area (Å²) in [5.74, 6) is -0.855. The van der Waals surface area contributed by atoms with Crippen LogP contribution in [0.25, 0.3) is 0 Å². The van der Waals surface area contributed by atoms with E-state index >= 15 is 0 Å². The Morgan fingerprint density at radius 3 is 0.707 bits per heavy atom. The summed E-state index contributed by atoms with van der Waals surface area (Å²) in [6, 6.07) is 0. The van der Waals surface area contributed by atoms with Crippen molar-refractivity contribution in [1.82, 2.24) is 0 Å². The second kappa shape index (κ2) is 71.1. The lowest BCUT2D eigenvalue weighted by Gasteiger charge is -2.18. The molecule has 0 aromatic heterocycles. The Hall–Kier alpha value is -2.37. The summed E-state index contributed by atoms with van der Waals surface area (Å²) in [5.41, 5.74) is 0. The molecule has 0 N–H and O–H groups in total. The molecule has 0 amide bonds. The van der Waals surface area contributed by atoms with Crippen LogP contribution in [0.1, 0.15) is 412 Å². The summed E-state index contributed by atoms with van der Waals surface area (Å²) >= 11 is 0. The largest absolute Gasteiger partial charge is 0.462 e. The fraction of sp³-hybridized carbons (Fsp3) is 0.882. The highest BCUT2D eigenvalue weighted by Crippen LogP contribution is 2.19. The first-order chi connectivity index (χ1) is 40.5. The molecule has 0 aromatic rings. The van der Waals surface area contributed by atoms with Crippen molar-refractivity contribution in [3.63, 3.8) is 0 Å². The molecule has 0 bridgehead atoms. The molecule has 0 aliphatic rings. The van der Waals surface area contributed by atoms with Crippen LogP contribution < -0.4 is 0 Å². The molecule has 6 heteroatoms. The van der Waals surface area contributed by atoms with E-state index in [1.54, 1.807) is 0 Å². The molecule has 0 heterocycles. The van der Waals surface area contributed by atoms with Gasteiger partial charge >= 0.3 is 17.9 Å². The summed E-state index contributed by atoms with van der Waals surface area (Å²) in [7, 11) is 0. The van der Waals surface area contributed by atoms with E-state index < -0.39 is 6.10 Å². The molecule has 0 rings (SSSR count). The molecule has 0 spiro atoms. The highest BCUT2D eigenvalue weighted by Gasteiger charge is 2.19. The zero-order chi connectivity index (χ0) is 59.2. The summed E-state index contributed by atoms with van der Waals surface area (Å²) in [4.78, 5) is 38.5. The number of ether oxygens (including phenoxy) is 3. The van der Waals surface area contributed by atoms with Crippen molar-refractivity contribution < 1.29 is 28.6 Å². The van der Waals surface area contributed by atoms with Crippen molar-refractivity contribution >= 4 is 17.9 Å². The van der Waals surface area contributed by atoms with Gasteiger partial charge < -0.3 is 14.2 Å². The fourth-order valence-electron chi connectivity index (χ4n) is 11.3. The van der Waals surface area contributed by atoms with Gasteiger partial charge in [0.05, 0.1) is 0 Å². The summed E-state index contributed by atoms with van der Waals surface area (Å²) in [5, 5.41) is 0. The lowest BCUT2D eigenvalue weighted by atomic mass is 10.0. The molecule has 0 fully saturated rings. The van der Waals surface area contributed by atoms with Gasteiger partial charge in [0.1, 0.15) is 13.2 Å². The summed E-state index contributed by atoms with van der Waals surface area (Å²) in [6.07, 6.45) is 89.0. The molecular weight excluding hydrogens is 1010 g/mol. The molecule has 0 saturated heterocycles. The molecule has 0 aliphatic heterocycles. The molecule has 482 valence electrons. The molecule has 0 aromatic carbocycles.